The third-order valence-electron chi connectivity index (χ3n) is 4.51. The molecule has 1 aliphatic rings. The fourth-order valence-corrected chi connectivity index (χ4v) is 3.25. The van der Waals surface area contributed by atoms with Gasteiger partial charge in [0.15, 0.2) is 17.2 Å². The number of nitrogens with zero attached hydrogens (tertiary/aromatic N) is 5. The molecule has 3 aromatic rings. The minimum atomic E-state index is -0.615. The van der Waals surface area contributed by atoms with Crippen LogP contribution >= 0.6 is 0 Å². The zero-order valence-corrected chi connectivity index (χ0v) is 14.6. The van der Waals surface area contributed by atoms with Gasteiger partial charge in [0.2, 0.25) is 5.89 Å². The van der Waals surface area contributed by atoms with Gasteiger partial charge in [-0.3, -0.25) is 9.48 Å². The maximum absolute atomic E-state index is 13.9. The first-order valence-corrected chi connectivity index (χ1v) is 8.49. The summed E-state index contributed by atoms with van der Waals surface area (Å²) in [5, 5.41) is 4.61. The summed E-state index contributed by atoms with van der Waals surface area (Å²) < 4.78 is 21.5. The molecule has 1 amide bonds. The third kappa shape index (κ3) is 2.67. The Labute approximate surface area is 149 Å². The normalized spacial score (nSPS) is 13.7. The summed E-state index contributed by atoms with van der Waals surface area (Å²) in [6.07, 6.45) is 3.69. The van der Waals surface area contributed by atoms with Crippen LogP contribution in [0.2, 0.25) is 0 Å². The Bertz CT molecular complexity index is 978. The number of amides is 1. The molecule has 26 heavy (non-hydrogen) atoms. The lowest BCUT2D eigenvalue weighted by atomic mass is 10.0. The van der Waals surface area contributed by atoms with E-state index in [9.17, 15) is 9.18 Å². The second-order valence-corrected chi connectivity index (χ2v) is 6.18. The molecule has 0 fully saturated rings. The number of hydrogen-bond donors (Lipinski definition) is 0. The fraction of sp³-hybridized carbons (Fsp3) is 0.333. The van der Waals surface area contributed by atoms with Crippen LogP contribution < -0.4 is 0 Å². The Morgan fingerprint density at radius 1 is 1.38 bits per heavy atom. The van der Waals surface area contributed by atoms with Gasteiger partial charge in [-0.2, -0.15) is 5.10 Å². The SMILES string of the molecule is CCn1nc(-c2ncc(C)o2)c2c1CCN(C(=O)c1ncccc1F)C2. The van der Waals surface area contributed by atoms with E-state index in [1.165, 1.54) is 18.3 Å². The lowest BCUT2D eigenvalue weighted by Gasteiger charge is -2.27. The Morgan fingerprint density at radius 2 is 2.23 bits per heavy atom. The molecular formula is C18H18FN5O2. The first-order chi connectivity index (χ1) is 12.6. The molecule has 0 saturated carbocycles. The van der Waals surface area contributed by atoms with Crippen LogP contribution in [0, 0.1) is 12.7 Å². The topological polar surface area (TPSA) is 77.0 Å². The third-order valence-corrected chi connectivity index (χ3v) is 4.51. The molecule has 0 unspecified atom stereocenters. The summed E-state index contributed by atoms with van der Waals surface area (Å²) in [7, 11) is 0. The largest absolute Gasteiger partial charge is 0.440 e. The van der Waals surface area contributed by atoms with Crippen molar-refractivity contribution in [1.82, 2.24) is 24.6 Å². The summed E-state index contributed by atoms with van der Waals surface area (Å²) >= 11 is 0. The summed E-state index contributed by atoms with van der Waals surface area (Å²) in [6.45, 7) is 5.35. The van der Waals surface area contributed by atoms with Crippen LogP contribution in [0.1, 0.15) is 34.4 Å². The Hall–Kier alpha value is -3.03. The smallest absolute Gasteiger partial charge is 0.275 e. The van der Waals surface area contributed by atoms with Crippen molar-refractivity contribution in [3.05, 3.63) is 53.1 Å². The molecular weight excluding hydrogens is 337 g/mol. The first kappa shape index (κ1) is 16.4. The van der Waals surface area contributed by atoms with Crippen LogP contribution in [0.25, 0.3) is 11.6 Å². The van der Waals surface area contributed by atoms with Gasteiger partial charge in [0, 0.05) is 37.0 Å². The number of aryl methyl sites for hydroxylation is 2. The van der Waals surface area contributed by atoms with Crippen LogP contribution in [0.3, 0.4) is 0 Å². The molecule has 4 rings (SSSR count). The number of carbonyl (C=O) groups excluding carboxylic acids is 1. The van der Waals surface area contributed by atoms with Crippen molar-refractivity contribution >= 4 is 5.91 Å². The molecule has 4 heterocycles. The van der Waals surface area contributed by atoms with Crippen molar-refractivity contribution < 1.29 is 13.6 Å². The van der Waals surface area contributed by atoms with Gasteiger partial charge in [-0.1, -0.05) is 0 Å². The van der Waals surface area contributed by atoms with E-state index in [0.29, 0.717) is 43.4 Å². The van der Waals surface area contributed by atoms with Crippen molar-refractivity contribution in [2.75, 3.05) is 6.54 Å². The predicted molar refractivity (Wildman–Crippen MR) is 90.8 cm³/mol. The number of aromatic nitrogens is 4. The van der Waals surface area contributed by atoms with Gasteiger partial charge in [0.05, 0.1) is 12.7 Å². The zero-order chi connectivity index (χ0) is 18.3. The van der Waals surface area contributed by atoms with Crippen molar-refractivity contribution in [1.29, 1.82) is 0 Å². The van der Waals surface area contributed by atoms with Crippen LogP contribution in [0.15, 0.2) is 28.9 Å². The summed E-state index contributed by atoms with van der Waals surface area (Å²) in [5.41, 5.74) is 2.43. The summed E-state index contributed by atoms with van der Waals surface area (Å²) in [4.78, 5) is 22.5. The number of rotatable bonds is 3. The average Bonchev–Trinajstić information content (AvgIpc) is 3.24. The molecule has 0 spiro atoms. The van der Waals surface area contributed by atoms with Crippen molar-refractivity contribution in [2.45, 2.75) is 33.4 Å². The van der Waals surface area contributed by atoms with E-state index in [1.54, 1.807) is 11.1 Å². The minimum Gasteiger partial charge on any atom is -0.440 e. The molecule has 0 N–H and O–H groups in total. The van der Waals surface area contributed by atoms with Crippen molar-refractivity contribution in [3.8, 4) is 11.6 Å². The van der Waals surface area contributed by atoms with Crippen molar-refractivity contribution in [3.63, 3.8) is 0 Å². The molecule has 134 valence electrons. The van der Waals surface area contributed by atoms with Crippen molar-refractivity contribution in [2.24, 2.45) is 0 Å². The Kier molecular flexibility index (Phi) is 4.02. The van der Waals surface area contributed by atoms with Crippen LogP contribution in [-0.2, 0) is 19.5 Å². The van der Waals surface area contributed by atoms with Gasteiger partial charge >= 0.3 is 0 Å². The minimum absolute atomic E-state index is 0.160. The molecule has 3 aromatic heterocycles. The molecule has 0 saturated heterocycles. The first-order valence-electron chi connectivity index (χ1n) is 8.49. The summed E-state index contributed by atoms with van der Waals surface area (Å²) in [6, 6.07) is 2.71. The van der Waals surface area contributed by atoms with Crippen LogP contribution in [0.5, 0.6) is 0 Å². The quantitative estimate of drug-likeness (QED) is 0.722. The highest BCUT2D eigenvalue weighted by Crippen LogP contribution is 2.30. The number of carbonyl (C=O) groups is 1. The highest BCUT2D eigenvalue weighted by Gasteiger charge is 2.31. The molecule has 0 atom stereocenters. The Morgan fingerprint density at radius 3 is 2.92 bits per heavy atom. The van der Waals surface area contributed by atoms with Gasteiger partial charge < -0.3 is 9.32 Å². The van der Waals surface area contributed by atoms with Gasteiger partial charge in [-0.05, 0) is 26.0 Å². The number of pyridine rings is 1. The lowest BCUT2D eigenvalue weighted by molar-refractivity contribution is 0.0722. The number of halogens is 1. The predicted octanol–water partition coefficient (Wildman–Crippen LogP) is 2.60. The van der Waals surface area contributed by atoms with E-state index < -0.39 is 11.7 Å². The van der Waals surface area contributed by atoms with Gasteiger partial charge in [0.25, 0.3) is 5.91 Å². The standard InChI is InChI=1S/C18H18FN5O2/c1-3-24-14-6-8-23(18(25)16-13(19)5-4-7-20-16)10-12(14)15(22-24)17-21-9-11(2)26-17/h4-5,7,9H,3,6,8,10H2,1-2H3. The van der Waals surface area contributed by atoms with E-state index in [2.05, 4.69) is 15.1 Å². The number of fused-ring (bicyclic) bond motifs is 1. The molecule has 0 aliphatic carbocycles. The molecule has 8 heteroatoms. The number of oxazole rings is 1. The zero-order valence-electron chi connectivity index (χ0n) is 14.6. The van der Waals surface area contributed by atoms with Crippen LogP contribution in [0.4, 0.5) is 4.39 Å². The van der Waals surface area contributed by atoms with E-state index in [0.717, 1.165) is 11.3 Å². The molecule has 1 aliphatic heterocycles. The lowest BCUT2D eigenvalue weighted by Crippen LogP contribution is -2.37. The van der Waals surface area contributed by atoms with Crippen LogP contribution in [-0.4, -0.2) is 37.1 Å². The molecule has 0 aromatic carbocycles. The second kappa shape index (κ2) is 6.36. The van der Waals surface area contributed by atoms with Gasteiger partial charge in [-0.15, -0.1) is 0 Å². The second-order valence-electron chi connectivity index (χ2n) is 6.18. The van der Waals surface area contributed by atoms with Gasteiger partial charge in [-0.25, -0.2) is 14.4 Å². The molecule has 0 bridgehead atoms. The number of hydrogen-bond acceptors (Lipinski definition) is 5. The van der Waals surface area contributed by atoms with Gasteiger partial charge in [0.1, 0.15) is 5.76 Å². The van der Waals surface area contributed by atoms with E-state index in [-0.39, 0.29) is 5.69 Å². The van der Waals surface area contributed by atoms with E-state index in [1.807, 2.05) is 18.5 Å². The molecule has 0 radical (unpaired) electrons. The summed E-state index contributed by atoms with van der Waals surface area (Å²) in [5.74, 6) is 0.0898. The van der Waals surface area contributed by atoms with E-state index in [4.69, 9.17) is 4.42 Å². The highest BCUT2D eigenvalue weighted by molar-refractivity contribution is 5.92. The Balaban J connectivity index is 1.71. The highest BCUT2D eigenvalue weighted by atomic mass is 19.1. The maximum atomic E-state index is 13.9. The monoisotopic (exact) mass is 355 g/mol. The molecule has 7 nitrogen and oxygen atoms in total. The average molecular weight is 355 g/mol. The maximum Gasteiger partial charge on any atom is 0.275 e. The fourth-order valence-electron chi connectivity index (χ4n) is 3.25. The van der Waals surface area contributed by atoms with E-state index >= 15 is 0 Å².